The number of aromatic carboxylic acids is 1. The van der Waals surface area contributed by atoms with Gasteiger partial charge >= 0.3 is 18.2 Å². The Morgan fingerprint density at radius 1 is 1.06 bits per heavy atom. The summed E-state index contributed by atoms with van der Waals surface area (Å²) >= 11 is 1.30. The Balaban J connectivity index is 1.42. The number of alkyl halides is 3. The number of carboxylic acids is 1. The summed E-state index contributed by atoms with van der Waals surface area (Å²) in [6, 6.07) is 11.4. The number of thiazole rings is 1. The Bertz CT molecular complexity index is 1150. The second-order valence-electron chi connectivity index (χ2n) is 7.58. The molecule has 1 N–H and O–H groups in total. The number of halogens is 3. The van der Waals surface area contributed by atoms with Crippen LogP contribution in [0.2, 0.25) is 0 Å². The van der Waals surface area contributed by atoms with E-state index in [2.05, 4.69) is 4.98 Å². The number of rotatable bonds is 4. The van der Waals surface area contributed by atoms with Crippen LogP contribution in [0, 0.1) is 0 Å². The van der Waals surface area contributed by atoms with Crippen LogP contribution in [0.3, 0.4) is 0 Å². The summed E-state index contributed by atoms with van der Waals surface area (Å²) < 4.78 is 44.1. The summed E-state index contributed by atoms with van der Waals surface area (Å²) in [4.78, 5) is 29.5. The molecule has 1 aliphatic rings. The Kier molecular flexibility index (Phi) is 6.37. The zero-order chi connectivity index (χ0) is 23.6. The molecule has 0 unspecified atom stereocenters. The molecule has 3 aromatic rings. The molecule has 1 amide bonds. The highest BCUT2D eigenvalue weighted by Gasteiger charge is 2.30. The van der Waals surface area contributed by atoms with Gasteiger partial charge in [0.25, 0.3) is 0 Å². The molecule has 0 radical (unpaired) electrons. The summed E-state index contributed by atoms with van der Waals surface area (Å²) in [5, 5.41) is 11.3. The van der Waals surface area contributed by atoms with Gasteiger partial charge in [0.2, 0.25) is 0 Å². The predicted molar refractivity (Wildman–Crippen MR) is 116 cm³/mol. The molecule has 1 aliphatic heterocycles. The van der Waals surface area contributed by atoms with Crippen LogP contribution >= 0.6 is 11.3 Å². The molecule has 0 bridgehead atoms. The summed E-state index contributed by atoms with van der Waals surface area (Å²) in [6.07, 6.45) is -3.72. The lowest BCUT2D eigenvalue weighted by molar-refractivity contribution is -0.137. The first-order valence-electron chi connectivity index (χ1n) is 10.1. The van der Waals surface area contributed by atoms with Gasteiger partial charge < -0.3 is 14.7 Å². The second-order valence-corrected chi connectivity index (χ2v) is 8.47. The quantitative estimate of drug-likeness (QED) is 0.507. The van der Waals surface area contributed by atoms with Gasteiger partial charge in [0, 0.05) is 30.0 Å². The van der Waals surface area contributed by atoms with Crippen molar-refractivity contribution in [3.8, 4) is 16.9 Å². The van der Waals surface area contributed by atoms with E-state index < -0.39 is 23.8 Å². The standard InChI is InChI=1S/C23H19F3N2O4S/c24-23(25,26)16-7-5-14(6-8-16)17-3-1-2-4-19(17)32-22(31)28-11-9-15(10-12-28)20-27-18(13-33-20)21(29)30/h1-8,13,15H,9-12H2,(H,29,30). The highest BCUT2D eigenvalue weighted by molar-refractivity contribution is 7.09. The first-order chi connectivity index (χ1) is 15.7. The molecular formula is C23H19F3N2O4S. The third-order valence-corrected chi connectivity index (χ3v) is 6.46. The average Bonchev–Trinajstić information content (AvgIpc) is 3.30. The molecule has 0 aliphatic carbocycles. The highest BCUT2D eigenvalue weighted by atomic mass is 32.1. The van der Waals surface area contributed by atoms with Gasteiger partial charge in [-0.3, -0.25) is 0 Å². The third-order valence-electron chi connectivity index (χ3n) is 5.45. The molecular weight excluding hydrogens is 457 g/mol. The van der Waals surface area contributed by atoms with Gasteiger partial charge in [-0.2, -0.15) is 13.2 Å². The largest absolute Gasteiger partial charge is 0.476 e. The molecule has 1 aromatic heterocycles. The fraction of sp³-hybridized carbons (Fsp3) is 0.261. The predicted octanol–water partition coefficient (Wildman–Crippen LogP) is 5.91. The first-order valence-corrected chi connectivity index (χ1v) is 11.0. The van der Waals surface area contributed by atoms with E-state index in [1.54, 1.807) is 29.2 Å². The third kappa shape index (κ3) is 5.16. The number of hydrogen-bond donors (Lipinski definition) is 1. The van der Waals surface area contributed by atoms with Crippen LogP contribution in [-0.2, 0) is 6.18 Å². The van der Waals surface area contributed by atoms with Gasteiger partial charge in [0.1, 0.15) is 5.75 Å². The van der Waals surface area contributed by atoms with Crippen molar-refractivity contribution in [3.63, 3.8) is 0 Å². The van der Waals surface area contributed by atoms with Gasteiger partial charge in [0.15, 0.2) is 5.69 Å². The molecule has 172 valence electrons. The topological polar surface area (TPSA) is 79.7 Å². The van der Waals surface area contributed by atoms with E-state index in [1.807, 2.05) is 0 Å². The number of ether oxygens (including phenoxy) is 1. The van der Waals surface area contributed by atoms with Crippen molar-refractivity contribution in [2.45, 2.75) is 24.9 Å². The van der Waals surface area contributed by atoms with Crippen LogP contribution in [0.15, 0.2) is 53.9 Å². The zero-order valence-electron chi connectivity index (χ0n) is 17.2. The Morgan fingerprint density at radius 2 is 1.73 bits per heavy atom. The number of carbonyl (C=O) groups excluding carboxylic acids is 1. The van der Waals surface area contributed by atoms with Crippen LogP contribution in [0.4, 0.5) is 18.0 Å². The summed E-state index contributed by atoms with van der Waals surface area (Å²) in [5.74, 6) is -0.729. The minimum atomic E-state index is -4.43. The Hall–Kier alpha value is -3.40. The van der Waals surface area contributed by atoms with Crippen molar-refractivity contribution >= 4 is 23.4 Å². The average molecular weight is 476 g/mol. The number of piperidine rings is 1. The van der Waals surface area contributed by atoms with Crippen LogP contribution in [0.25, 0.3) is 11.1 Å². The number of carboxylic acid groups (broad SMARTS) is 1. The molecule has 4 rings (SSSR count). The minimum absolute atomic E-state index is 0.0247. The number of benzene rings is 2. The molecule has 6 nitrogen and oxygen atoms in total. The van der Waals surface area contributed by atoms with Crippen LogP contribution in [0.5, 0.6) is 5.75 Å². The molecule has 0 atom stereocenters. The molecule has 2 aromatic carbocycles. The molecule has 10 heteroatoms. The normalized spacial score (nSPS) is 14.8. The summed E-state index contributed by atoms with van der Waals surface area (Å²) in [5.41, 5.74) is 0.289. The number of para-hydroxylation sites is 1. The lowest BCUT2D eigenvalue weighted by Crippen LogP contribution is -2.39. The van der Waals surface area contributed by atoms with E-state index in [4.69, 9.17) is 9.84 Å². The van der Waals surface area contributed by atoms with Gasteiger partial charge in [0.05, 0.1) is 10.6 Å². The number of likely N-dealkylation sites (tertiary alicyclic amines) is 1. The number of aromatic nitrogens is 1. The van der Waals surface area contributed by atoms with Gasteiger partial charge in [-0.25, -0.2) is 14.6 Å². The van der Waals surface area contributed by atoms with E-state index >= 15 is 0 Å². The lowest BCUT2D eigenvalue weighted by Gasteiger charge is -2.30. The van der Waals surface area contributed by atoms with E-state index in [0.29, 0.717) is 37.1 Å². The maximum atomic E-state index is 12.8. The van der Waals surface area contributed by atoms with Gasteiger partial charge in [-0.1, -0.05) is 30.3 Å². The van der Waals surface area contributed by atoms with E-state index in [-0.39, 0.29) is 17.4 Å². The Labute approximate surface area is 191 Å². The molecule has 33 heavy (non-hydrogen) atoms. The number of nitrogens with zero attached hydrogens (tertiary/aromatic N) is 2. The fourth-order valence-corrected chi connectivity index (χ4v) is 4.64. The SMILES string of the molecule is O=C(O)c1csc(C2CCN(C(=O)Oc3ccccc3-c3ccc(C(F)(F)F)cc3)CC2)n1. The zero-order valence-corrected chi connectivity index (χ0v) is 18.0. The van der Waals surface area contributed by atoms with Crippen molar-refractivity contribution < 1.29 is 32.6 Å². The molecule has 0 saturated carbocycles. The van der Waals surface area contributed by atoms with Crippen molar-refractivity contribution in [2.24, 2.45) is 0 Å². The number of carbonyl (C=O) groups is 2. The first kappa shape index (κ1) is 22.8. The second kappa shape index (κ2) is 9.22. The maximum absolute atomic E-state index is 12.8. The highest BCUT2D eigenvalue weighted by Crippen LogP contribution is 2.35. The smallest absolute Gasteiger partial charge is 0.416 e. The Morgan fingerprint density at radius 3 is 2.33 bits per heavy atom. The lowest BCUT2D eigenvalue weighted by atomic mass is 9.98. The fourth-order valence-electron chi connectivity index (χ4n) is 3.67. The molecule has 1 fully saturated rings. The van der Waals surface area contributed by atoms with Crippen molar-refractivity contribution in [3.05, 3.63) is 70.2 Å². The number of hydrogen-bond acceptors (Lipinski definition) is 5. The van der Waals surface area contributed by atoms with E-state index in [0.717, 1.165) is 17.1 Å². The van der Waals surface area contributed by atoms with Crippen LogP contribution in [0.1, 0.15) is 39.8 Å². The van der Waals surface area contributed by atoms with Crippen LogP contribution < -0.4 is 4.74 Å². The van der Waals surface area contributed by atoms with Crippen LogP contribution in [-0.4, -0.2) is 40.1 Å². The minimum Gasteiger partial charge on any atom is -0.476 e. The van der Waals surface area contributed by atoms with E-state index in [9.17, 15) is 22.8 Å². The van der Waals surface area contributed by atoms with Crippen molar-refractivity contribution in [2.75, 3.05) is 13.1 Å². The van der Waals surface area contributed by atoms with Gasteiger partial charge in [-0.15, -0.1) is 11.3 Å². The monoisotopic (exact) mass is 476 g/mol. The van der Waals surface area contributed by atoms with Gasteiger partial charge in [-0.05, 0) is 36.6 Å². The summed E-state index contributed by atoms with van der Waals surface area (Å²) in [7, 11) is 0. The van der Waals surface area contributed by atoms with E-state index in [1.165, 1.54) is 28.8 Å². The van der Waals surface area contributed by atoms with Crippen molar-refractivity contribution in [1.82, 2.24) is 9.88 Å². The molecule has 2 heterocycles. The maximum Gasteiger partial charge on any atom is 0.416 e. The molecule has 0 spiro atoms. The summed E-state index contributed by atoms with van der Waals surface area (Å²) in [6.45, 7) is 0.849. The van der Waals surface area contributed by atoms with Crippen molar-refractivity contribution in [1.29, 1.82) is 0 Å². The molecule has 1 saturated heterocycles. The number of amides is 1.